The topological polar surface area (TPSA) is 84.7 Å². The maximum atomic E-state index is 11.0. The first-order valence-corrected chi connectivity index (χ1v) is 4.79. The second-order valence-electron chi connectivity index (χ2n) is 2.44. The Kier molecular flexibility index (Phi) is 4.00. The highest BCUT2D eigenvalue weighted by Crippen LogP contribution is 2.16. The van der Waals surface area contributed by atoms with Crippen molar-refractivity contribution in [2.45, 2.75) is 6.42 Å². The van der Waals surface area contributed by atoms with Crippen LogP contribution in [-0.4, -0.2) is 35.0 Å². The SMILES string of the molecule is NNOC(=O)CCN1CCSC1=O. The van der Waals surface area contributed by atoms with Crippen molar-refractivity contribution >= 4 is 23.0 Å². The quantitative estimate of drug-likeness (QED) is 0.474. The van der Waals surface area contributed by atoms with E-state index in [0.29, 0.717) is 13.1 Å². The molecule has 0 saturated carbocycles. The van der Waals surface area contributed by atoms with Gasteiger partial charge in [0.25, 0.3) is 5.24 Å². The largest absolute Gasteiger partial charge is 0.356 e. The number of hydrogen-bond donors (Lipinski definition) is 2. The van der Waals surface area contributed by atoms with Crippen molar-refractivity contribution in [2.75, 3.05) is 18.8 Å². The fraction of sp³-hybridized carbons (Fsp3) is 0.667. The summed E-state index contributed by atoms with van der Waals surface area (Å²) in [5, 5.41) is 0.0218. The van der Waals surface area contributed by atoms with Crippen molar-refractivity contribution in [3.05, 3.63) is 0 Å². The van der Waals surface area contributed by atoms with Crippen LogP contribution in [0, 0.1) is 0 Å². The van der Waals surface area contributed by atoms with Gasteiger partial charge in [-0.3, -0.25) is 9.59 Å². The zero-order valence-corrected chi connectivity index (χ0v) is 7.80. The summed E-state index contributed by atoms with van der Waals surface area (Å²) in [6, 6.07) is 0. The summed E-state index contributed by atoms with van der Waals surface area (Å²) in [4.78, 5) is 27.7. The third-order valence-electron chi connectivity index (χ3n) is 1.60. The number of hydrazine groups is 1. The van der Waals surface area contributed by atoms with Gasteiger partial charge in [0.05, 0.1) is 6.42 Å². The Morgan fingerprint density at radius 2 is 2.54 bits per heavy atom. The number of nitrogens with zero attached hydrogens (tertiary/aromatic N) is 1. The Morgan fingerprint density at radius 1 is 1.77 bits per heavy atom. The standard InChI is InChI=1S/C6H11N3O3S/c7-8-12-5(10)1-2-9-3-4-13-6(9)11/h8H,1-4,7H2. The van der Waals surface area contributed by atoms with Crippen LogP contribution in [0.25, 0.3) is 0 Å². The molecule has 74 valence electrons. The van der Waals surface area contributed by atoms with Crippen molar-refractivity contribution in [3.63, 3.8) is 0 Å². The van der Waals surface area contributed by atoms with Crippen LogP contribution in [0.1, 0.15) is 6.42 Å². The average Bonchev–Trinajstić information content (AvgIpc) is 2.48. The molecule has 0 atom stereocenters. The number of amides is 1. The van der Waals surface area contributed by atoms with E-state index in [-0.39, 0.29) is 11.7 Å². The van der Waals surface area contributed by atoms with E-state index in [2.05, 4.69) is 4.84 Å². The Labute approximate surface area is 79.7 Å². The van der Waals surface area contributed by atoms with Crippen LogP contribution in [0.2, 0.25) is 0 Å². The number of hydrogen-bond acceptors (Lipinski definition) is 6. The molecule has 1 aliphatic heterocycles. The molecule has 1 saturated heterocycles. The lowest BCUT2D eigenvalue weighted by Gasteiger charge is -2.12. The minimum absolute atomic E-state index is 0.0218. The molecule has 0 aromatic rings. The molecule has 0 spiro atoms. The highest BCUT2D eigenvalue weighted by Gasteiger charge is 2.21. The number of carbonyl (C=O) groups excluding carboxylic acids is 2. The molecule has 3 N–H and O–H groups in total. The molecule has 0 aromatic carbocycles. The van der Waals surface area contributed by atoms with E-state index < -0.39 is 5.97 Å². The van der Waals surface area contributed by atoms with Gasteiger partial charge in [-0.25, -0.2) is 5.84 Å². The minimum Gasteiger partial charge on any atom is -0.356 e. The summed E-state index contributed by atoms with van der Waals surface area (Å²) in [6.45, 7) is 1.10. The van der Waals surface area contributed by atoms with Gasteiger partial charge < -0.3 is 9.74 Å². The van der Waals surface area contributed by atoms with Gasteiger partial charge in [-0.1, -0.05) is 17.4 Å². The van der Waals surface area contributed by atoms with Crippen molar-refractivity contribution in [2.24, 2.45) is 5.84 Å². The van der Waals surface area contributed by atoms with Crippen LogP contribution >= 0.6 is 11.8 Å². The highest BCUT2D eigenvalue weighted by molar-refractivity contribution is 8.13. The van der Waals surface area contributed by atoms with Gasteiger partial charge in [0.2, 0.25) is 0 Å². The van der Waals surface area contributed by atoms with E-state index in [9.17, 15) is 9.59 Å². The lowest BCUT2D eigenvalue weighted by molar-refractivity contribution is -0.151. The van der Waals surface area contributed by atoms with E-state index in [1.165, 1.54) is 11.8 Å². The van der Waals surface area contributed by atoms with Gasteiger partial charge in [-0.15, -0.1) is 0 Å². The van der Waals surface area contributed by atoms with Crippen LogP contribution in [0.5, 0.6) is 0 Å². The molecule has 0 radical (unpaired) electrons. The Hall–Kier alpha value is -0.790. The minimum atomic E-state index is -0.466. The smallest absolute Gasteiger partial charge is 0.328 e. The Morgan fingerprint density at radius 3 is 3.08 bits per heavy atom. The second kappa shape index (κ2) is 5.05. The van der Waals surface area contributed by atoms with Crippen LogP contribution < -0.4 is 11.4 Å². The number of carbonyl (C=O) groups is 2. The first kappa shape index (κ1) is 10.3. The number of rotatable bonds is 4. The van der Waals surface area contributed by atoms with Gasteiger partial charge >= 0.3 is 5.97 Å². The summed E-state index contributed by atoms with van der Waals surface area (Å²) in [6.07, 6.45) is 0.163. The molecule has 0 unspecified atom stereocenters. The van der Waals surface area contributed by atoms with Crippen LogP contribution in [0.3, 0.4) is 0 Å². The monoisotopic (exact) mass is 205 g/mol. The first-order valence-electron chi connectivity index (χ1n) is 3.81. The van der Waals surface area contributed by atoms with E-state index in [1.807, 2.05) is 0 Å². The van der Waals surface area contributed by atoms with Crippen LogP contribution in [0.4, 0.5) is 4.79 Å². The predicted molar refractivity (Wildman–Crippen MR) is 47.5 cm³/mol. The first-order chi connectivity index (χ1) is 6.24. The van der Waals surface area contributed by atoms with Gasteiger partial charge in [0, 0.05) is 18.8 Å². The molecule has 1 heterocycles. The Balaban J connectivity index is 2.18. The predicted octanol–water partition coefficient (Wildman–Crippen LogP) is -0.533. The molecule has 0 aliphatic carbocycles. The van der Waals surface area contributed by atoms with Gasteiger partial charge in [0.1, 0.15) is 0 Å². The third kappa shape index (κ3) is 3.21. The van der Waals surface area contributed by atoms with E-state index in [0.717, 1.165) is 5.75 Å². The molecule has 7 heteroatoms. The molecular formula is C6H11N3O3S. The molecule has 6 nitrogen and oxygen atoms in total. The van der Waals surface area contributed by atoms with Crippen LogP contribution in [0.15, 0.2) is 0 Å². The number of nitrogens with two attached hydrogens (primary N) is 1. The van der Waals surface area contributed by atoms with Gasteiger partial charge in [-0.2, -0.15) is 0 Å². The Bertz CT molecular complexity index is 211. The number of nitrogens with one attached hydrogen (secondary N) is 1. The maximum absolute atomic E-state index is 11.0. The van der Waals surface area contributed by atoms with Gasteiger partial charge in [-0.05, 0) is 0 Å². The average molecular weight is 205 g/mol. The zero-order valence-electron chi connectivity index (χ0n) is 6.99. The van der Waals surface area contributed by atoms with E-state index in [1.54, 1.807) is 10.5 Å². The summed E-state index contributed by atoms with van der Waals surface area (Å²) in [5.41, 5.74) is 1.80. The molecule has 0 bridgehead atoms. The second-order valence-corrected chi connectivity index (χ2v) is 3.49. The zero-order chi connectivity index (χ0) is 9.68. The molecule has 13 heavy (non-hydrogen) atoms. The molecule has 1 aliphatic rings. The number of thioether (sulfide) groups is 1. The van der Waals surface area contributed by atoms with E-state index >= 15 is 0 Å². The summed E-state index contributed by atoms with van der Waals surface area (Å²) >= 11 is 1.26. The lowest BCUT2D eigenvalue weighted by atomic mass is 10.4. The molecule has 1 rings (SSSR count). The van der Waals surface area contributed by atoms with E-state index in [4.69, 9.17) is 5.84 Å². The fourth-order valence-corrected chi connectivity index (χ4v) is 1.82. The van der Waals surface area contributed by atoms with Crippen molar-refractivity contribution in [3.8, 4) is 0 Å². The maximum Gasteiger partial charge on any atom is 0.328 e. The molecule has 1 amide bonds. The van der Waals surface area contributed by atoms with Crippen molar-refractivity contribution in [1.82, 2.24) is 10.5 Å². The van der Waals surface area contributed by atoms with Crippen molar-refractivity contribution < 1.29 is 14.4 Å². The summed E-state index contributed by atoms with van der Waals surface area (Å²) in [7, 11) is 0. The molecule has 1 fully saturated rings. The van der Waals surface area contributed by atoms with Crippen molar-refractivity contribution in [1.29, 1.82) is 0 Å². The normalized spacial score (nSPS) is 16.4. The summed E-state index contributed by atoms with van der Waals surface area (Å²) < 4.78 is 0. The third-order valence-corrected chi connectivity index (χ3v) is 2.50. The summed E-state index contributed by atoms with van der Waals surface area (Å²) in [5.74, 6) is 5.09. The fourth-order valence-electron chi connectivity index (χ4n) is 0.972. The van der Waals surface area contributed by atoms with Crippen LogP contribution in [-0.2, 0) is 9.63 Å². The highest BCUT2D eigenvalue weighted by atomic mass is 32.2. The molecular weight excluding hydrogens is 194 g/mol. The van der Waals surface area contributed by atoms with Gasteiger partial charge in [0.15, 0.2) is 0 Å². The molecule has 0 aromatic heterocycles. The lowest BCUT2D eigenvalue weighted by Crippen LogP contribution is -2.30.